The number of amides is 2. The van der Waals surface area contributed by atoms with Gasteiger partial charge in [-0.3, -0.25) is 0 Å². The summed E-state index contributed by atoms with van der Waals surface area (Å²) in [6, 6.07) is 14.3. The van der Waals surface area contributed by atoms with Crippen molar-refractivity contribution in [2.75, 3.05) is 13.1 Å². The van der Waals surface area contributed by atoms with Gasteiger partial charge >= 0.3 is 12.0 Å². The molecule has 7 heteroatoms. The number of urea groups is 1. The standard InChI is InChI=1S/C26H30N4O3/c31-25-23(29-24(33-25)22-12-6-8-18-7-4-5-11-21(18)22)17-30-15-13-20(14-16-30)28-26(32)27-19-9-2-1-3-10-19/h4-8,11-12,17,19-20H,1-3,9-10,13-16H2,(H2,27,28,32)/b23-17+. The van der Waals surface area contributed by atoms with Crippen LogP contribution in [0.2, 0.25) is 0 Å². The number of rotatable bonds is 4. The number of benzene rings is 2. The van der Waals surface area contributed by atoms with Gasteiger partial charge in [0, 0.05) is 36.9 Å². The first kappa shape index (κ1) is 21.5. The molecule has 33 heavy (non-hydrogen) atoms. The molecule has 1 saturated heterocycles. The molecule has 2 amide bonds. The van der Waals surface area contributed by atoms with Crippen LogP contribution in [0.15, 0.2) is 59.4 Å². The summed E-state index contributed by atoms with van der Waals surface area (Å²) in [5.41, 5.74) is 1.14. The molecule has 2 aromatic carbocycles. The van der Waals surface area contributed by atoms with Gasteiger partial charge in [-0.25, -0.2) is 14.6 Å². The van der Waals surface area contributed by atoms with E-state index in [1.807, 2.05) is 42.5 Å². The summed E-state index contributed by atoms with van der Waals surface area (Å²) in [4.78, 5) is 31.4. The van der Waals surface area contributed by atoms with Crippen LogP contribution in [0.1, 0.15) is 50.5 Å². The van der Waals surface area contributed by atoms with Gasteiger partial charge in [-0.15, -0.1) is 0 Å². The van der Waals surface area contributed by atoms with Crippen molar-refractivity contribution in [1.29, 1.82) is 0 Å². The lowest BCUT2D eigenvalue weighted by molar-refractivity contribution is -0.130. The quantitative estimate of drug-likeness (QED) is 0.548. The van der Waals surface area contributed by atoms with Crippen LogP contribution in [-0.4, -0.2) is 48.0 Å². The second-order valence-electron chi connectivity index (χ2n) is 9.11. The lowest BCUT2D eigenvalue weighted by atomic mass is 9.96. The summed E-state index contributed by atoms with van der Waals surface area (Å²) >= 11 is 0. The van der Waals surface area contributed by atoms with Gasteiger partial charge in [-0.1, -0.05) is 55.7 Å². The van der Waals surface area contributed by atoms with Gasteiger partial charge in [0.2, 0.25) is 5.90 Å². The number of likely N-dealkylation sites (tertiary alicyclic amines) is 1. The molecule has 0 radical (unpaired) electrons. The second kappa shape index (κ2) is 9.65. The Bertz CT molecular complexity index is 1090. The zero-order valence-corrected chi connectivity index (χ0v) is 18.8. The highest BCUT2D eigenvalue weighted by Gasteiger charge is 2.27. The van der Waals surface area contributed by atoms with Crippen molar-refractivity contribution in [3.05, 3.63) is 59.9 Å². The Morgan fingerprint density at radius 1 is 0.939 bits per heavy atom. The first-order chi connectivity index (χ1) is 16.2. The van der Waals surface area contributed by atoms with Crippen molar-refractivity contribution in [2.45, 2.75) is 57.0 Å². The van der Waals surface area contributed by atoms with E-state index < -0.39 is 5.97 Å². The number of piperidine rings is 1. The Hall–Kier alpha value is -3.35. The van der Waals surface area contributed by atoms with E-state index in [1.165, 1.54) is 19.3 Å². The van der Waals surface area contributed by atoms with E-state index in [4.69, 9.17) is 4.74 Å². The molecule has 0 unspecified atom stereocenters. The number of nitrogens with one attached hydrogen (secondary N) is 2. The zero-order valence-electron chi connectivity index (χ0n) is 18.8. The molecule has 2 aliphatic heterocycles. The molecule has 172 valence electrons. The van der Waals surface area contributed by atoms with Crippen LogP contribution in [0, 0.1) is 0 Å². The predicted octanol–water partition coefficient (Wildman–Crippen LogP) is 4.08. The van der Waals surface area contributed by atoms with Crippen molar-refractivity contribution in [1.82, 2.24) is 15.5 Å². The summed E-state index contributed by atoms with van der Waals surface area (Å²) in [7, 11) is 0. The smallest absolute Gasteiger partial charge is 0.365 e. The molecule has 3 aliphatic rings. The number of hydrogen-bond acceptors (Lipinski definition) is 5. The summed E-state index contributed by atoms with van der Waals surface area (Å²) in [6.45, 7) is 1.51. The number of cyclic esters (lactones) is 1. The maximum atomic E-state index is 12.5. The minimum atomic E-state index is -0.426. The molecule has 5 rings (SSSR count). The van der Waals surface area contributed by atoms with E-state index >= 15 is 0 Å². The highest BCUT2D eigenvalue weighted by molar-refractivity contribution is 6.16. The number of esters is 1. The van der Waals surface area contributed by atoms with E-state index in [0.29, 0.717) is 17.6 Å². The third-order valence-electron chi connectivity index (χ3n) is 6.75. The molecular formula is C26H30N4O3. The Morgan fingerprint density at radius 3 is 2.42 bits per heavy atom. The molecular weight excluding hydrogens is 416 g/mol. The average Bonchev–Trinajstić information content (AvgIpc) is 3.20. The SMILES string of the molecule is O=C(NC1CCCCC1)NC1CCN(/C=C2/N=C(c3cccc4ccccc34)OC2=O)CC1. The molecule has 0 bridgehead atoms. The molecule has 2 fully saturated rings. The summed E-state index contributed by atoms with van der Waals surface area (Å²) in [6.07, 6.45) is 9.28. The summed E-state index contributed by atoms with van der Waals surface area (Å²) in [5, 5.41) is 8.32. The van der Waals surface area contributed by atoms with Crippen molar-refractivity contribution in [2.24, 2.45) is 4.99 Å². The van der Waals surface area contributed by atoms with Crippen LogP contribution in [-0.2, 0) is 9.53 Å². The van der Waals surface area contributed by atoms with Crippen LogP contribution < -0.4 is 10.6 Å². The zero-order chi connectivity index (χ0) is 22.6. The number of fused-ring (bicyclic) bond motifs is 1. The Labute approximate surface area is 193 Å². The molecule has 7 nitrogen and oxygen atoms in total. The van der Waals surface area contributed by atoms with E-state index in [1.54, 1.807) is 6.20 Å². The average molecular weight is 447 g/mol. The van der Waals surface area contributed by atoms with Crippen LogP contribution >= 0.6 is 0 Å². The lowest BCUT2D eigenvalue weighted by Gasteiger charge is -2.32. The monoisotopic (exact) mass is 446 g/mol. The van der Waals surface area contributed by atoms with Crippen molar-refractivity contribution >= 4 is 28.7 Å². The number of carbonyl (C=O) groups excluding carboxylic acids is 2. The molecule has 0 atom stereocenters. The van der Waals surface area contributed by atoms with Crippen LogP contribution in [0.25, 0.3) is 10.8 Å². The third kappa shape index (κ3) is 5.02. The normalized spacial score (nSPS) is 21.2. The van der Waals surface area contributed by atoms with Crippen molar-refractivity contribution in [3.8, 4) is 0 Å². The Kier molecular flexibility index (Phi) is 6.28. The number of hydrogen-bond donors (Lipinski definition) is 2. The number of ether oxygens (including phenoxy) is 1. The van der Waals surface area contributed by atoms with Crippen molar-refractivity contribution in [3.63, 3.8) is 0 Å². The fraction of sp³-hybridized carbons (Fsp3) is 0.423. The molecule has 2 heterocycles. The fourth-order valence-corrected chi connectivity index (χ4v) is 4.93. The van der Waals surface area contributed by atoms with Gasteiger partial charge in [0.05, 0.1) is 0 Å². The lowest BCUT2D eigenvalue weighted by Crippen LogP contribution is -2.49. The van der Waals surface area contributed by atoms with Gasteiger partial charge in [0.15, 0.2) is 5.70 Å². The van der Waals surface area contributed by atoms with E-state index in [-0.39, 0.29) is 12.1 Å². The fourth-order valence-electron chi connectivity index (χ4n) is 4.93. The van der Waals surface area contributed by atoms with Gasteiger partial charge in [0.1, 0.15) is 0 Å². The molecule has 0 spiro atoms. The van der Waals surface area contributed by atoms with Gasteiger partial charge in [0.25, 0.3) is 0 Å². The Morgan fingerprint density at radius 2 is 1.64 bits per heavy atom. The van der Waals surface area contributed by atoms with Gasteiger partial charge < -0.3 is 20.3 Å². The first-order valence-corrected chi connectivity index (χ1v) is 12.0. The number of nitrogens with zero attached hydrogens (tertiary/aromatic N) is 2. The second-order valence-corrected chi connectivity index (χ2v) is 9.11. The molecule has 2 aromatic rings. The van der Waals surface area contributed by atoms with Gasteiger partial charge in [-0.2, -0.15) is 0 Å². The van der Waals surface area contributed by atoms with Crippen LogP contribution in [0.5, 0.6) is 0 Å². The van der Waals surface area contributed by atoms with Gasteiger partial charge in [-0.05, 0) is 42.5 Å². The topological polar surface area (TPSA) is 83.0 Å². The highest BCUT2D eigenvalue weighted by Crippen LogP contribution is 2.24. The summed E-state index contributed by atoms with van der Waals surface area (Å²) in [5.74, 6) is -0.0796. The molecule has 2 N–H and O–H groups in total. The predicted molar refractivity (Wildman–Crippen MR) is 128 cm³/mol. The highest BCUT2D eigenvalue weighted by atomic mass is 16.6. The van der Waals surface area contributed by atoms with E-state index in [2.05, 4.69) is 20.5 Å². The Balaban J connectivity index is 1.18. The molecule has 1 saturated carbocycles. The third-order valence-corrected chi connectivity index (χ3v) is 6.75. The van der Waals surface area contributed by atoms with E-state index in [0.717, 1.165) is 55.1 Å². The number of carbonyl (C=O) groups is 2. The number of aliphatic imine (C=N–C) groups is 1. The molecule has 1 aliphatic carbocycles. The largest absolute Gasteiger partial charge is 0.402 e. The summed E-state index contributed by atoms with van der Waals surface area (Å²) < 4.78 is 5.51. The maximum Gasteiger partial charge on any atom is 0.365 e. The van der Waals surface area contributed by atoms with E-state index in [9.17, 15) is 9.59 Å². The maximum absolute atomic E-state index is 12.5. The van der Waals surface area contributed by atoms with Crippen LogP contribution in [0.4, 0.5) is 4.79 Å². The molecule has 0 aromatic heterocycles. The van der Waals surface area contributed by atoms with Crippen molar-refractivity contribution < 1.29 is 14.3 Å². The first-order valence-electron chi connectivity index (χ1n) is 12.0. The minimum absolute atomic E-state index is 0.0533. The minimum Gasteiger partial charge on any atom is -0.402 e. The van der Waals surface area contributed by atoms with Crippen LogP contribution in [0.3, 0.4) is 0 Å².